The number of thioether (sulfide) groups is 1. The fraction of sp³-hybridized carbons (Fsp3) is 0.600. The number of nitrogens with one attached hydrogen (secondary N) is 2. The van der Waals surface area contributed by atoms with E-state index in [9.17, 15) is 10.1 Å². The van der Waals surface area contributed by atoms with Gasteiger partial charge < -0.3 is 15.7 Å². The van der Waals surface area contributed by atoms with E-state index in [1.54, 1.807) is 18.8 Å². The highest BCUT2D eigenvalue weighted by Crippen LogP contribution is 2.28. The van der Waals surface area contributed by atoms with Crippen LogP contribution in [0.3, 0.4) is 0 Å². The topological polar surface area (TPSA) is 113 Å². The Labute approximate surface area is 115 Å². The van der Waals surface area contributed by atoms with Gasteiger partial charge in [-0.05, 0) is 12.2 Å². The first-order valence-corrected chi connectivity index (χ1v) is 6.95. The van der Waals surface area contributed by atoms with E-state index in [0.717, 1.165) is 17.9 Å². The first-order valence-electron chi connectivity index (χ1n) is 5.80. The molecule has 0 bridgehead atoms. The van der Waals surface area contributed by atoms with Gasteiger partial charge in [0.1, 0.15) is 6.33 Å². The summed E-state index contributed by atoms with van der Waals surface area (Å²) in [5.41, 5.74) is -0.148. The first kappa shape index (κ1) is 15.4. The Hall–Kier alpha value is -1.61. The number of hydrogen-bond acceptors (Lipinski definition) is 8. The number of hydrogen-bond donors (Lipinski definition) is 3. The maximum atomic E-state index is 11.0. The summed E-state index contributed by atoms with van der Waals surface area (Å²) < 4.78 is 0. The van der Waals surface area contributed by atoms with Crippen molar-refractivity contribution in [1.29, 1.82) is 0 Å². The van der Waals surface area contributed by atoms with Crippen molar-refractivity contribution < 1.29 is 10.0 Å². The Bertz CT molecular complexity index is 418. The maximum Gasteiger partial charge on any atom is 0.353 e. The molecule has 9 heteroatoms. The average molecular weight is 287 g/mol. The Kier molecular flexibility index (Phi) is 6.90. The van der Waals surface area contributed by atoms with Crippen LogP contribution in [0.15, 0.2) is 6.33 Å². The molecule has 0 spiro atoms. The number of aliphatic hydroxyl groups excluding tert-OH is 1. The van der Waals surface area contributed by atoms with E-state index in [4.69, 9.17) is 5.11 Å². The standard InChI is InChI=1S/C10H17N5O3S/c1-11-9-8(15(17)18)10(14-7-13-9)12-3-6-19-5-2-4-16/h7,16H,2-6H2,1H3,(H2,11,12,13,14). The predicted octanol–water partition coefficient (Wildman–Crippen LogP) is 0.954. The molecule has 0 aliphatic rings. The molecule has 8 nitrogen and oxygen atoms in total. The van der Waals surface area contributed by atoms with Crippen LogP contribution in [0, 0.1) is 10.1 Å². The largest absolute Gasteiger partial charge is 0.396 e. The summed E-state index contributed by atoms with van der Waals surface area (Å²) in [6.45, 7) is 0.750. The molecule has 0 atom stereocenters. The highest BCUT2D eigenvalue weighted by atomic mass is 32.2. The Morgan fingerprint density at radius 1 is 1.42 bits per heavy atom. The minimum absolute atomic E-state index is 0.148. The van der Waals surface area contributed by atoms with Crippen molar-refractivity contribution in [1.82, 2.24) is 9.97 Å². The number of rotatable bonds is 9. The second kappa shape index (κ2) is 8.48. The predicted molar refractivity (Wildman–Crippen MR) is 75.8 cm³/mol. The van der Waals surface area contributed by atoms with Crippen LogP contribution < -0.4 is 10.6 Å². The van der Waals surface area contributed by atoms with Gasteiger partial charge in [0.2, 0.25) is 11.6 Å². The summed E-state index contributed by atoms with van der Waals surface area (Å²) in [7, 11) is 1.57. The van der Waals surface area contributed by atoms with Crippen LogP contribution in [0.1, 0.15) is 6.42 Å². The lowest BCUT2D eigenvalue weighted by Gasteiger charge is -2.07. The molecule has 0 radical (unpaired) electrons. The van der Waals surface area contributed by atoms with Crippen molar-refractivity contribution in [2.75, 3.05) is 42.3 Å². The lowest BCUT2D eigenvalue weighted by molar-refractivity contribution is -0.383. The highest BCUT2D eigenvalue weighted by Gasteiger charge is 2.21. The number of nitro groups is 1. The zero-order valence-corrected chi connectivity index (χ0v) is 11.4. The van der Waals surface area contributed by atoms with E-state index in [1.165, 1.54) is 6.33 Å². The fourth-order valence-electron chi connectivity index (χ4n) is 1.37. The monoisotopic (exact) mass is 287 g/mol. The zero-order valence-electron chi connectivity index (χ0n) is 10.6. The number of anilines is 2. The van der Waals surface area contributed by atoms with E-state index in [-0.39, 0.29) is 23.9 Å². The SMILES string of the molecule is CNc1ncnc(NCCSCCCO)c1[N+](=O)[O-]. The molecular weight excluding hydrogens is 270 g/mol. The third-order valence-electron chi connectivity index (χ3n) is 2.23. The van der Waals surface area contributed by atoms with Gasteiger partial charge >= 0.3 is 5.69 Å². The van der Waals surface area contributed by atoms with Crippen molar-refractivity contribution in [2.24, 2.45) is 0 Å². The van der Waals surface area contributed by atoms with Gasteiger partial charge in [-0.25, -0.2) is 9.97 Å². The quantitative estimate of drug-likeness (QED) is 0.349. The van der Waals surface area contributed by atoms with Gasteiger partial charge in [-0.1, -0.05) is 0 Å². The molecule has 0 saturated carbocycles. The summed E-state index contributed by atoms with van der Waals surface area (Å²) in [6.07, 6.45) is 2.03. The molecule has 19 heavy (non-hydrogen) atoms. The van der Waals surface area contributed by atoms with Crippen molar-refractivity contribution >= 4 is 29.1 Å². The summed E-state index contributed by atoms with van der Waals surface area (Å²) in [5.74, 6) is 2.06. The van der Waals surface area contributed by atoms with Crippen molar-refractivity contribution in [3.8, 4) is 0 Å². The molecule has 1 rings (SSSR count). The molecule has 0 fully saturated rings. The maximum absolute atomic E-state index is 11.0. The van der Waals surface area contributed by atoms with Gasteiger partial charge in [0.25, 0.3) is 0 Å². The molecule has 1 heterocycles. The van der Waals surface area contributed by atoms with E-state index in [0.29, 0.717) is 6.54 Å². The van der Waals surface area contributed by atoms with Crippen LogP contribution in [-0.2, 0) is 0 Å². The van der Waals surface area contributed by atoms with Crippen LogP contribution >= 0.6 is 11.8 Å². The Morgan fingerprint density at radius 2 is 2.16 bits per heavy atom. The molecule has 1 aromatic heterocycles. The molecule has 0 amide bonds. The molecule has 1 aromatic rings. The van der Waals surface area contributed by atoms with Gasteiger partial charge in [-0.3, -0.25) is 10.1 Å². The summed E-state index contributed by atoms with van der Waals surface area (Å²) >= 11 is 1.67. The average Bonchev–Trinajstić information content (AvgIpc) is 2.42. The van der Waals surface area contributed by atoms with Gasteiger partial charge in [0, 0.05) is 26.0 Å². The minimum atomic E-state index is -0.507. The summed E-state index contributed by atoms with van der Waals surface area (Å²) in [4.78, 5) is 18.2. The molecule has 106 valence electrons. The summed E-state index contributed by atoms with van der Waals surface area (Å²) in [6, 6.07) is 0. The van der Waals surface area contributed by atoms with E-state index < -0.39 is 4.92 Å². The molecule has 0 aliphatic heterocycles. The third kappa shape index (κ3) is 4.87. The Balaban J connectivity index is 2.55. The van der Waals surface area contributed by atoms with Crippen LogP contribution in [0.5, 0.6) is 0 Å². The summed E-state index contributed by atoms with van der Waals surface area (Å²) in [5, 5.41) is 25.2. The Morgan fingerprint density at radius 3 is 2.79 bits per heavy atom. The normalized spacial score (nSPS) is 10.2. The first-order chi connectivity index (χ1) is 9.20. The van der Waals surface area contributed by atoms with Crippen molar-refractivity contribution in [3.63, 3.8) is 0 Å². The van der Waals surface area contributed by atoms with Crippen molar-refractivity contribution in [2.45, 2.75) is 6.42 Å². The lowest BCUT2D eigenvalue weighted by Crippen LogP contribution is -2.10. The molecule has 3 N–H and O–H groups in total. The lowest BCUT2D eigenvalue weighted by atomic mass is 10.4. The minimum Gasteiger partial charge on any atom is -0.396 e. The second-order valence-electron chi connectivity index (χ2n) is 3.54. The van der Waals surface area contributed by atoms with E-state index in [2.05, 4.69) is 20.6 Å². The van der Waals surface area contributed by atoms with Crippen LogP contribution in [0.4, 0.5) is 17.3 Å². The third-order valence-corrected chi connectivity index (χ3v) is 3.30. The van der Waals surface area contributed by atoms with Gasteiger partial charge in [-0.15, -0.1) is 0 Å². The fourth-order valence-corrected chi connectivity index (χ4v) is 2.16. The van der Waals surface area contributed by atoms with E-state index >= 15 is 0 Å². The van der Waals surface area contributed by atoms with Gasteiger partial charge in [-0.2, -0.15) is 11.8 Å². The van der Waals surface area contributed by atoms with Gasteiger partial charge in [0.15, 0.2) is 0 Å². The smallest absolute Gasteiger partial charge is 0.353 e. The number of nitrogens with zero attached hydrogens (tertiary/aromatic N) is 3. The zero-order chi connectivity index (χ0) is 14.1. The van der Waals surface area contributed by atoms with Crippen LogP contribution in [0.2, 0.25) is 0 Å². The molecule has 0 unspecified atom stereocenters. The molecule has 0 aromatic carbocycles. The van der Waals surface area contributed by atoms with E-state index in [1.807, 2.05) is 0 Å². The second-order valence-corrected chi connectivity index (χ2v) is 4.77. The highest BCUT2D eigenvalue weighted by molar-refractivity contribution is 7.99. The molecular formula is C10H17N5O3S. The number of aromatic nitrogens is 2. The van der Waals surface area contributed by atoms with Gasteiger partial charge in [0.05, 0.1) is 4.92 Å². The molecule has 0 saturated heterocycles. The van der Waals surface area contributed by atoms with Crippen LogP contribution in [-0.4, -0.2) is 51.7 Å². The van der Waals surface area contributed by atoms with Crippen LogP contribution in [0.25, 0.3) is 0 Å². The molecule has 0 aliphatic carbocycles. The van der Waals surface area contributed by atoms with Crippen molar-refractivity contribution in [3.05, 3.63) is 16.4 Å². The number of aliphatic hydroxyl groups is 1.